The van der Waals surface area contributed by atoms with Crippen molar-refractivity contribution in [3.8, 4) is 0 Å². The zero-order valence-electron chi connectivity index (χ0n) is 6.40. The summed E-state index contributed by atoms with van der Waals surface area (Å²) >= 11 is 0. The summed E-state index contributed by atoms with van der Waals surface area (Å²) in [6.07, 6.45) is 7.25. The van der Waals surface area contributed by atoms with Crippen LogP contribution in [0, 0.1) is 0 Å². The summed E-state index contributed by atoms with van der Waals surface area (Å²) < 4.78 is 0. The van der Waals surface area contributed by atoms with Gasteiger partial charge in [-0.2, -0.15) is 0 Å². The van der Waals surface area contributed by atoms with Gasteiger partial charge >= 0.3 is 0 Å². The van der Waals surface area contributed by atoms with Crippen molar-refractivity contribution in [2.75, 3.05) is 0 Å². The van der Waals surface area contributed by atoms with E-state index in [1.807, 2.05) is 30.5 Å². The molecule has 0 spiro atoms. The van der Waals surface area contributed by atoms with Crippen LogP contribution in [0.3, 0.4) is 0 Å². The number of hydrogen-bond acceptors (Lipinski definition) is 2. The molecule has 0 unspecified atom stereocenters. The summed E-state index contributed by atoms with van der Waals surface area (Å²) in [7, 11) is 0. The van der Waals surface area contributed by atoms with Crippen molar-refractivity contribution in [3.63, 3.8) is 0 Å². The van der Waals surface area contributed by atoms with Gasteiger partial charge in [0.2, 0.25) is 0 Å². The minimum Gasteiger partial charge on any atom is -0.405 e. The van der Waals surface area contributed by atoms with Crippen LogP contribution in [0.1, 0.15) is 12.1 Å². The van der Waals surface area contributed by atoms with Crippen LogP contribution in [-0.2, 0) is 6.42 Å². The Morgan fingerprint density at radius 2 is 2.36 bits per heavy atom. The van der Waals surface area contributed by atoms with Gasteiger partial charge in [-0.1, -0.05) is 12.1 Å². The Morgan fingerprint density at radius 1 is 1.45 bits per heavy atom. The third-order valence-electron chi connectivity index (χ3n) is 1.43. The molecule has 0 aliphatic carbocycles. The summed E-state index contributed by atoms with van der Waals surface area (Å²) in [4.78, 5) is 4.18. The third-order valence-corrected chi connectivity index (χ3v) is 1.43. The summed E-state index contributed by atoms with van der Waals surface area (Å²) in [6.45, 7) is 0. The van der Waals surface area contributed by atoms with E-state index >= 15 is 0 Å². The van der Waals surface area contributed by atoms with Crippen LogP contribution in [0.4, 0.5) is 0 Å². The average molecular weight is 148 g/mol. The van der Waals surface area contributed by atoms with Gasteiger partial charge in [-0.15, -0.1) is 0 Å². The minimum atomic E-state index is 0.966. The highest BCUT2D eigenvalue weighted by Gasteiger charge is 1.88. The molecule has 0 aliphatic heterocycles. The maximum absolute atomic E-state index is 5.19. The van der Waals surface area contributed by atoms with E-state index in [9.17, 15) is 0 Å². The molecule has 0 amide bonds. The van der Waals surface area contributed by atoms with Gasteiger partial charge in [-0.3, -0.25) is 4.98 Å². The van der Waals surface area contributed by atoms with Crippen molar-refractivity contribution in [2.24, 2.45) is 5.73 Å². The number of hydrogen-bond donors (Lipinski definition) is 1. The van der Waals surface area contributed by atoms with Crippen LogP contribution >= 0.6 is 0 Å². The second-order valence-corrected chi connectivity index (χ2v) is 2.29. The first-order valence-electron chi connectivity index (χ1n) is 3.70. The number of allylic oxidation sites excluding steroid dienone is 1. The Labute approximate surface area is 66.8 Å². The molecule has 2 heteroatoms. The Balaban J connectivity index is 2.39. The largest absolute Gasteiger partial charge is 0.405 e. The lowest BCUT2D eigenvalue weighted by Gasteiger charge is -1.94. The maximum Gasteiger partial charge on any atom is 0.0406 e. The van der Waals surface area contributed by atoms with Crippen LogP contribution in [0.2, 0.25) is 0 Å². The van der Waals surface area contributed by atoms with Crippen molar-refractivity contribution in [3.05, 3.63) is 42.4 Å². The average Bonchev–Trinajstić information content (AvgIpc) is 2.07. The summed E-state index contributed by atoms with van der Waals surface area (Å²) in [5, 5.41) is 0. The Morgan fingerprint density at radius 3 is 3.00 bits per heavy atom. The topological polar surface area (TPSA) is 38.9 Å². The number of pyridine rings is 1. The molecule has 1 aromatic heterocycles. The monoisotopic (exact) mass is 148 g/mol. The molecule has 0 aromatic carbocycles. The lowest BCUT2D eigenvalue weighted by atomic mass is 10.2. The fourth-order valence-electron chi connectivity index (χ4n) is 0.873. The lowest BCUT2D eigenvalue weighted by molar-refractivity contribution is 0.941. The van der Waals surface area contributed by atoms with Gasteiger partial charge in [-0.05, 0) is 31.2 Å². The quantitative estimate of drug-likeness (QED) is 0.705. The van der Waals surface area contributed by atoms with Crippen molar-refractivity contribution < 1.29 is 0 Å². The first-order valence-corrected chi connectivity index (χ1v) is 3.70. The van der Waals surface area contributed by atoms with Gasteiger partial charge in [0.1, 0.15) is 0 Å². The zero-order valence-corrected chi connectivity index (χ0v) is 6.40. The van der Waals surface area contributed by atoms with Gasteiger partial charge in [0.05, 0.1) is 0 Å². The fourth-order valence-corrected chi connectivity index (χ4v) is 0.873. The molecule has 0 saturated carbocycles. The maximum atomic E-state index is 5.19. The number of nitrogens with zero attached hydrogens (tertiary/aromatic N) is 1. The van der Waals surface area contributed by atoms with Crippen LogP contribution in [-0.4, -0.2) is 4.98 Å². The number of rotatable bonds is 3. The van der Waals surface area contributed by atoms with Crippen molar-refractivity contribution in [1.29, 1.82) is 0 Å². The molecule has 11 heavy (non-hydrogen) atoms. The smallest absolute Gasteiger partial charge is 0.0406 e. The lowest BCUT2D eigenvalue weighted by Crippen LogP contribution is -1.87. The number of aromatic nitrogens is 1. The summed E-state index contributed by atoms with van der Waals surface area (Å²) in [6, 6.07) is 5.93. The summed E-state index contributed by atoms with van der Waals surface area (Å²) in [5.41, 5.74) is 6.31. The molecule has 2 nitrogen and oxygen atoms in total. The second-order valence-electron chi connectivity index (χ2n) is 2.29. The molecule has 1 rings (SSSR count). The Bertz CT molecular complexity index is 216. The molecular formula is C9H12N2. The molecule has 1 heterocycles. The fraction of sp³-hybridized carbons (Fsp3) is 0.222. The van der Waals surface area contributed by atoms with Crippen LogP contribution in [0.25, 0.3) is 0 Å². The summed E-state index contributed by atoms with van der Waals surface area (Å²) in [5.74, 6) is 0. The highest BCUT2D eigenvalue weighted by atomic mass is 14.7. The first kappa shape index (κ1) is 7.79. The molecule has 0 radical (unpaired) electrons. The van der Waals surface area contributed by atoms with Crippen LogP contribution in [0.5, 0.6) is 0 Å². The van der Waals surface area contributed by atoms with E-state index in [-0.39, 0.29) is 0 Å². The van der Waals surface area contributed by atoms with Crippen molar-refractivity contribution in [1.82, 2.24) is 4.98 Å². The number of nitrogens with two attached hydrogens (primary N) is 1. The van der Waals surface area contributed by atoms with Gasteiger partial charge in [0, 0.05) is 11.9 Å². The van der Waals surface area contributed by atoms with E-state index < -0.39 is 0 Å². The molecule has 0 atom stereocenters. The van der Waals surface area contributed by atoms with Crippen LogP contribution < -0.4 is 5.73 Å². The van der Waals surface area contributed by atoms with E-state index in [1.54, 1.807) is 6.20 Å². The molecule has 0 bridgehead atoms. The molecule has 1 aromatic rings. The van der Waals surface area contributed by atoms with Gasteiger partial charge in [0.15, 0.2) is 0 Å². The minimum absolute atomic E-state index is 0.966. The van der Waals surface area contributed by atoms with Crippen molar-refractivity contribution >= 4 is 0 Å². The van der Waals surface area contributed by atoms with E-state index in [2.05, 4.69) is 4.98 Å². The normalized spacial score (nSPS) is 10.5. The predicted molar refractivity (Wildman–Crippen MR) is 45.9 cm³/mol. The van der Waals surface area contributed by atoms with Crippen molar-refractivity contribution in [2.45, 2.75) is 12.8 Å². The molecular weight excluding hydrogens is 136 g/mol. The SMILES string of the molecule is NC=CCCc1ccccn1. The predicted octanol–water partition coefficient (Wildman–Crippen LogP) is 1.49. The molecule has 2 N–H and O–H groups in total. The van der Waals surface area contributed by atoms with E-state index in [4.69, 9.17) is 5.73 Å². The van der Waals surface area contributed by atoms with Gasteiger partial charge in [0.25, 0.3) is 0 Å². The highest BCUT2D eigenvalue weighted by molar-refractivity contribution is 5.04. The third kappa shape index (κ3) is 2.85. The number of aryl methyl sites for hydroxylation is 1. The molecule has 58 valence electrons. The van der Waals surface area contributed by atoms with E-state index in [0.717, 1.165) is 18.5 Å². The Hall–Kier alpha value is -1.31. The zero-order chi connectivity index (χ0) is 7.94. The van der Waals surface area contributed by atoms with Gasteiger partial charge in [-0.25, -0.2) is 0 Å². The van der Waals surface area contributed by atoms with Crippen LogP contribution in [0.15, 0.2) is 36.7 Å². The second kappa shape index (κ2) is 4.50. The standard InChI is InChI=1S/C9H12N2/c10-7-3-1-5-9-6-2-4-8-11-9/h2-4,6-8H,1,5,10H2. The Kier molecular flexibility index (Phi) is 3.19. The highest BCUT2D eigenvalue weighted by Crippen LogP contribution is 1.97. The van der Waals surface area contributed by atoms with E-state index in [0.29, 0.717) is 0 Å². The van der Waals surface area contributed by atoms with Gasteiger partial charge < -0.3 is 5.73 Å². The first-order chi connectivity index (χ1) is 5.43. The van der Waals surface area contributed by atoms with E-state index in [1.165, 1.54) is 0 Å². The molecule has 0 aliphatic rings. The molecule has 0 fully saturated rings. The molecule has 0 saturated heterocycles.